The lowest BCUT2D eigenvalue weighted by Crippen LogP contribution is -2.35. The molecular formula is C14H25N3O2S. The molecule has 20 heavy (non-hydrogen) atoms. The topological polar surface area (TPSA) is 62.7 Å². The maximum absolute atomic E-state index is 11.5. The first kappa shape index (κ1) is 15.6. The first-order valence-electron chi connectivity index (χ1n) is 7.41. The Morgan fingerprint density at radius 3 is 2.85 bits per heavy atom. The Hall–Kier alpha value is -0.750. The average molecular weight is 299 g/mol. The van der Waals surface area contributed by atoms with Crippen LogP contribution in [-0.2, 0) is 9.53 Å². The van der Waals surface area contributed by atoms with E-state index in [0.717, 1.165) is 11.7 Å². The second-order valence-corrected chi connectivity index (χ2v) is 6.60. The summed E-state index contributed by atoms with van der Waals surface area (Å²) in [6.45, 7) is 2.75. The minimum absolute atomic E-state index is 0.0585. The van der Waals surface area contributed by atoms with Crippen LogP contribution < -0.4 is 10.6 Å². The van der Waals surface area contributed by atoms with E-state index in [-0.39, 0.29) is 5.91 Å². The summed E-state index contributed by atoms with van der Waals surface area (Å²) in [5.74, 6) is 1.24. The minimum atomic E-state index is 0.0585. The molecule has 1 amide bonds. The normalized spacial score (nSPS) is 20.8. The monoisotopic (exact) mass is 299 g/mol. The Morgan fingerprint density at radius 2 is 2.20 bits per heavy atom. The predicted molar refractivity (Wildman–Crippen MR) is 83.2 cm³/mol. The average Bonchev–Trinajstić information content (AvgIpc) is 2.90. The summed E-state index contributed by atoms with van der Waals surface area (Å²) in [6.07, 6.45) is 5.87. The van der Waals surface area contributed by atoms with Gasteiger partial charge in [-0.1, -0.05) is 24.6 Å². The molecule has 1 spiro atoms. The van der Waals surface area contributed by atoms with Gasteiger partial charge in [0.25, 0.3) is 0 Å². The standard InChI is InChI=1S/C14H25N3O2S/c1-19-9-8-15-12(18)4-7-16-13-17-10-14(11-20-13)5-2-3-6-14/h2-11H2,1H3,(H,15,18)(H,16,17). The van der Waals surface area contributed by atoms with Gasteiger partial charge in [-0.25, -0.2) is 0 Å². The number of ether oxygens (including phenoxy) is 1. The molecule has 2 rings (SSSR count). The molecule has 5 nitrogen and oxygen atoms in total. The number of thioether (sulfide) groups is 1. The zero-order valence-corrected chi connectivity index (χ0v) is 13.1. The lowest BCUT2D eigenvalue weighted by Gasteiger charge is -2.31. The molecule has 0 aromatic heterocycles. The zero-order valence-electron chi connectivity index (χ0n) is 12.2. The fraction of sp³-hybridized carbons (Fsp3) is 0.857. The number of methoxy groups -OCH3 is 1. The van der Waals surface area contributed by atoms with Crippen molar-refractivity contribution in [2.24, 2.45) is 10.4 Å². The maximum atomic E-state index is 11.5. The summed E-state index contributed by atoms with van der Waals surface area (Å²) >= 11 is 1.82. The first-order valence-corrected chi connectivity index (χ1v) is 8.39. The molecule has 0 aromatic rings. The number of carbonyl (C=O) groups is 1. The molecule has 1 aliphatic carbocycles. The molecule has 0 atom stereocenters. The third-order valence-corrected chi connectivity index (χ3v) is 5.30. The molecule has 1 heterocycles. The Balaban J connectivity index is 1.60. The highest BCUT2D eigenvalue weighted by Gasteiger charge is 2.36. The molecular weight excluding hydrogens is 274 g/mol. The van der Waals surface area contributed by atoms with E-state index in [1.165, 1.54) is 31.4 Å². The van der Waals surface area contributed by atoms with Crippen molar-refractivity contribution in [2.75, 3.05) is 39.1 Å². The van der Waals surface area contributed by atoms with Gasteiger partial charge in [-0.15, -0.1) is 0 Å². The number of hydrogen-bond donors (Lipinski definition) is 2. The molecule has 1 aliphatic heterocycles. The van der Waals surface area contributed by atoms with Crippen LogP contribution in [0.1, 0.15) is 32.1 Å². The predicted octanol–water partition coefficient (Wildman–Crippen LogP) is 1.39. The van der Waals surface area contributed by atoms with Gasteiger partial charge in [-0.3, -0.25) is 9.79 Å². The van der Waals surface area contributed by atoms with Crippen LogP contribution in [-0.4, -0.2) is 50.2 Å². The molecule has 1 saturated carbocycles. The third kappa shape index (κ3) is 4.66. The summed E-state index contributed by atoms with van der Waals surface area (Å²) < 4.78 is 4.88. The van der Waals surface area contributed by atoms with Gasteiger partial charge in [0.2, 0.25) is 5.91 Å². The van der Waals surface area contributed by atoms with Crippen LogP contribution in [0.2, 0.25) is 0 Å². The molecule has 1 fully saturated rings. The van der Waals surface area contributed by atoms with Crippen molar-refractivity contribution in [1.82, 2.24) is 10.6 Å². The summed E-state index contributed by atoms with van der Waals surface area (Å²) in [6, 6.07) is 0. The van der Waals surface area contributed by atoms with Crippen molar-refractivity contribution in [3.8, 4) is 0 Å². The molecule has 0 bridgehead atoms. The molecule has 0 unspecified atom stereocenters. The van der Waals surface area contributed by atoms with Crippen LogP contribution in [0.3, 0.4) is 0 Å². The van der Waals surface area contributed by atoms with Gasteiger partial charge in [0.05, 0.1) is 6.61 Å². The van der Waals surface area contributed by atoms with Gasteiger partial charge < -0.3 is 15.4 Å². The van der Waals surface area contributed by atoms with Crippen LogP contribution in [0.15, 0.2) is 4.99 Å². The van der Waals surface area contributed by atoms with E-state index in [1.807, 2.05) is 11.8 Å². The highest BCUT2D eigenvalue weighted by molar-refractivity contribution is 8.13. The molecule has 0 radical (unpaired) electrons. The Morgan fingerprint density at radius 1 is 1.40 bits per heavy atom. The van der Waals surface area contributed by atoms with Gasteiger partial charge in [0.15, 0.2) is 5.17 Å². The number of nitrogens with zero attached hydrogens (tertiary/aromatic N) is 1. The lowest BCUT2D eigenvalue weighted by molar-refractivity contribution is -0.121. The van der Waals surface area contributed by atoms with Gasteiger partial charge in [0, 0.05) is 38.9 Å². The number of nitrogens with one attached hydrogen (secondary N) is 2. The van der Waals surface area contributed by atoms with Crippen molar-refractivity contribution in [2.45, 2.75) is 32.1 Å². The molecule has 114 valence electrons. The molecule has 2 N–H and O–H groups in total. The number of aliphatic imine (C=N–C) groups is 1. The molecule has 0 saturated heterocycles. The van der Waals surface area contributed by atoms with Gasteiger partial charge in [-0.2, -0.15) is 0 Å². The van der Waals surface area contributed by atoms with Gasteiger partial charge >= 0.3 is 0 Å². The second kappa shape index (κ2) is 7.88. The SMILES string of the molecule is COCCNC(=O)CCNC1=NCC2(CCCC2)CS1. The van der Waals surface area contributed by atoms with E-state index in [0.29, 0.717) is 31.5 Å². The quantitative estimate of drug-likeness (QED) is 0.728. The lowest BCUT2D eigenvalue weighted by atomic mass is 9.89. The first-order chi connectivity index (χ1) is 9.74. The van der Waals surface area contributed by atoms with E-state index in [9.17, 15) is 4.79 Å². The smallest absolute Gasteiger partial charge is 0.221 e. The minimum Gasteiger partial charge on any atom is -0.383 e. The Bertz CT molecular complexity index is 354. The number of amides is 1. The Kier molecular flexibility index (Phi) is 6.16. The highest BCUT2D eigenvalue weighted by atomic mass is 32.2. The van der Waals surface area contributed by atoms with Crippen molar-refractivity contribution < 1.29 is 9.53 Å². The zero-order chi connectivity index (χ0) is 14.3. The highest BCUT2D eigenvalue weighted by Crippen LogP contribution is 2.43. The second-order valence-electron chi connectivity index (χ2n) is 5.64. The van der Waals surface area contributed by atoms with Crippen molar-refractivity contribution in [1.29, 1.82) is 0 Å². The van der Waals surface area contributed by atoms with E-state index in [1.54, 1.807) is 7.11 Å². The maximum Gasteiger partial charge on any atom is 0.221 e. The van der Waals surface area contributed by atoms with Crippen LogP contribution in [0.5, 0.6) is 0 Å². The summed E-state index contributed by atoms with van der Waals surface area (Å²) in [5.41, 5.74) is 0.480. The number of amidine groups is 1. The van der Waals surface area contributed by atoms with E-state index in [4.69, 9.17) is 4.74 Å². The number of hydrogen-bond acceptors (Lipinski definition) is 5. The molecule has 6 heteroatoms. The molecule has 2 aliphatic rings. The van der Waals surface area contributed by atoms with Crippen LogP contribution >= 0.6 is 11.8 Å². The fourth-order valence-electron chi connectivity index (χ4n) is 2.75. The van der Waals surface area contributed by atoms with Crippen LogP contribution in [0.4, 0.5) is 0 Å². The number of carbonyl (C=O) groups excluding carboxylic acids is 1. The van der Waals surface area contributed by atoms with Crippen molar-refractivity contribution >= 4 is 22.8 Å². The van der Waals surface area contributed by atoms with Crippen molar-refractivity contribution in [3.05, 3.63) is 0 Å². The fourth-order valence-corrected chi connectivity index (χ4v) is 3.93. The van der Waals surface area contributed by atoms with Crippen molar-refractivity contribution in [3.63, 3.8) is 0 Å². The van der Waals surface area contributed by atoms with Gasteiger partial charge in [-0.05, 0) is 18.3 Å². The number of rotatable bonds is 6. The third-order valence-electron chi connectivity index (χ3n) is 3.99. The molecule has 0 aromatic carbocycles. The largest absolute Gasteiger partial charge is 0.383 e. The van der Waals surface area contributed by atoms with E-state index >= 15 is 0 Å². The summed E-state index contributed by atoms with van der Waals surface area (Å²) in [5, 5.41) is 7.09. The van der Waals surface area contributed by atoms with Crippen LogP contribution in [0, 0.1) is 5.41 Å². The summed E-state index contributed by atoms with van der Waals surface area (Å²) in [7, 11) is 1.63. The Labute approximate surface area is 125 Å². The van der Waals surface area contributed by atoms with Gasteiger partial charge in [0.1, 0.15) is 0 Å². The van der Waals surface area contributed by atoms with E-state index < -0.39 is 0 Å². The van der Waals surface area contributed by atoms with E-state index in [2.05, 4.69) is 15.6 Å². The van der Waals surface area contributed by atoms with Crippen LogP contribution in [0.25, 0.3) is 0 Å². The summed E-state index contributed by atoms with van der Waals surface area (Å²) in [4.78, 5) is 16.2.